The number of rotatable bonds is 5. The average molecular weight is 312 g/mol. The van der Waals surface area contributed by atoms with Gasteiger partial charge in [0, 0.05) is 0 Å². The molecular formula is C19H24N2O2. The summed E-state index contributed by atoms with van der Waals surface area (Å²) in [5, 5.41) is 4.26. The molecule has 4 heteroatoms. The Labute approximate surface area is 137 Å². The molecule has 0 heterocycles. The van der Waals surface area contributed by atoms with Crippen LogP contribution in [0.5, 0.6) is 5.75 Å². The van der Waals surface area contributed by atoms with Crippen molar-refractivity contribution in [2.24, 2.45) is 11.0 Å². The standard InChI is InChI=1S/C19H24N2O2/c1-13(2)16-10-9-14(3)17(11-16)20-21-19(22)12-23-18-8-6-5-7-15(18)4/h5-9,16H,1,10-12H2,2-4H3,(H,21,22)/b20-17+/t16-/m1/s1. The number of nitrogens with one attached hydrogen (secondary N) is 1. The molecule has 1 aliphatic rings. The Bertz CT molecular complexity index is 659. The number of hydrazone groups is 1. The van der Waals surface area contributed by atoms with Crippen molar-refractivity contribution in [3.63, 3.8) is 0 Å². The van der Waals surface area contributed by atoms with Gasteiger partial charge in [0.15, 0.2) is 6.61 Å². The molecule has 0 unspecified atom stereocenters. The van der Waals surface area contributed by atoms with E-state index in [0.717, 1.165) is 35.3 Å². The second-order valence-electron chi connectivity index (χ2n) is 6.02. The molecule has 2 rings (SSSR count). The second-order valence-corrected chi connectivity index (χ2v) is 6.02. The van der Waals surface area contributed by atoms with Crippen LogP contribution in [0.25, 0.3) is 0 Å². The SMILES string of the molecule is C=C(C)[C@@H]1CC=C(C)/C(=N/NC(=O)COc2ccccc2C)C1. The molecule has 0 aliphatic heterocycles. The van der Waals surface area contributed by atoms with Crippen LogP contribution in [0.3, 0.4) is 0 Å². The lowest BCUT2D eigenvalue weighted by molar-refractivity contribution is -0.123. The Morgan fingerprint density at radius 3 is 2.83 bits per heavy atom. The fourth-order valence-electron chi connectivity index (χ4n) is 2.45. The third-order valence-electron chi connectivity index (χ3n) is 4.07. The number of benzene rings is 1. The molecule has 0 fully saturated rings. The van der Waals surface area contributed by atoms with Gasteiger partial charge < -0.3 is 4.74 Å². The van der Waals surface area contributed by atoms with Crippen molar-refractivity contribution in [2.45, 2.75) is 33.6 Å². The van der Waals surface area contributed by atoms with Gasteiger partial charge in [0.05, 0.1) is 5.71 Å². The Kier molecular flexibility index (Phi) is 5.74. The van der Waals surface area contributed by atoms with Crippen molar-refractivity contribution < 1.29 is 9.53 Å². The van der Waals surface area contributed by atoms with Crippen molar-refractivity contribution in [1.82, 2.24) is 5.43 Å². The van der Waals surface area contributed by atoms with E-state index in [2.05, 4.69) is 23.2 Å². The fraction of sp³-hybridized carbons (Fsp3) is 0.368. The summed E-state index contributed by atoms with van der Waals surface area (Å²) in [6.45, 7) is 9.96. The molecule has 0 spiro atoms. The zero-order valence-corrected chi connectivity index (χ0v) is 14.1. The minimum atomic E-state index is -0.258. The van der Waals surface area contributed by atoms with Gasteiger partial charge in [0.2, 0.25) is 0 Å². The van der Waals surface area contributed by atoms with Gasteiger partial charge in [-0.05, 0) is 56.7 Å². The quantitative estimate of drug-likeness (QED) is 0.664. The predicted molar refractivity (Wildman–Crippen MR) is 93.5 cm³/mol. The third kappa shape index (κ3) is 4.81. The van der Waals surface area contributed by atoms with Gasteiger partial charge in [-0.2, -0.15) is 5.10 Å². The van der Waals surface area contributed by atoms with Crippen LogP contribution >= 0.6 is 0 Å². The number of nitrogens with zero attached hydrogens (tertiary/aromatic N) is 1. The summed E-state index contributed by atoms with van der Waals surface area (Å²) >= 11 is 0. The van der Waals surface area contributed by atoms with Gasteiger partial charge in [0.25, 0.3) is 5.91 Å². The number of carbonyl (C=O) groups excluding carboxylic acids is 1. The molecule has 0 aromatic heterocycles. The molecule has 1 aliphatic carbocycles. The number of hydrogen-bond donors (Lipinski definition) is 1. The topological polar surface area (TPSA) is 50.7 Å². The summed E-state index contributed by atoms with van der Waals surface area (Å²) in [5.74, 6) is 0.856. The first-order valence-corrected chi connectivity index (χ1v) is 7.83. The Balaban J connectivity index is 1.90. The van der Waals surface area contributed by atoms with E-state index in [-0.39, 0.29) is 12.5 Å². The molecule has 23 heavy (non-hydrogen) atoms. The van der Waals surface area contributed by atoms with Crippen LogP contribution < -0.4 is 10.2 Å². The van der Waals surface area contributed by atoms with Gasteiger partial charge in [-0.25, -0.2) is 5.43 Å². The highest BCUT2D eigenvalue weighted by molar-refractivity contribution is 6.01. The fourth-order valence-corrected chi connectivity index (χ4v) is 2.45. The lowest BCUT2D eigenvalue weighted by Crippen LogP contribution is -2.27. The first-order chi connectivity index (χ1) is 11.0. The van der Waals surface area contributed by atoms with E-state index in [1.54, 1.807) is 0 Å². The van der Waals surface area contributed by atoms with Crippen LogP contribution in [0.1, 0.15) is 32.3 Å². The first kappa shape index (κ1) is 17.0. The van der Waals surface area contributed by atoms with Crippen molar-refractivity contribution in [3.8, 4) is 5.75 Å². The normalized spacial score (nSPS) is 19.2. The zero-order chi connectivity index (χ0) is 16.8. The van der Waals surface area contributed by atoms with Crippen LogP contribution in [-0.4, -0.2) is 18.2 Å². The third-order valence-corrected chi connectivity index (χ3v) is 4.07. The molecule has 0 saturated heterocycles. The summed E-state index contributed by atoms with van der Waals surface area (Å²) in [5.41, 5.74) is 6.76. The number of aryl methyl sites for hydroxylation is 1. The summed E-state index contributed by atoms with van der Waals surface area (Å²) < 4.78 is 5.51. The van der Waals surface area contributed by atoms with Gasteiger partial charge in [-0.1, -0.05) is 36.4 Å². The number of amides is 1. The van der Waals surface area contributed by atoms with Crippen LogP contribution in [0.4, 0.5) is 0 Å². The molecule has 1 amide bonds. The maximum Gasteiger partial charge on any atom is 0.277 e. The van der Waals surface area contributed by atoms with E-state index in [4.69, 9.17) is 4.74 Å². The summed E-state index contributed by atoms with van der Waals surface area (Å²) in [6, 6.07) is 7.61. The zero-order valence-electron chi connectivity index (χ0n) is 14.1. The number of ether oxygens (including phenoxy) is 1. The minimum absolute atomic E-state index is 0.0473. The molecule has 122 valence electrons. The van der Waals surface area contributed by atoms with Crippen molar-refractivity contribution >= 4 is 11.6 Å². The largest absolute Gasteiger partial charge is 0.483 e. The molecule has 1 N–H and O–H groups in total. The van der Waals surface area contributed by atoms with Gasteiger partial charge in [-0.3, -0.25) is 4.79 Å². The maximum atomic E-state index is 11.9. The molecule has 4 nitrogen and oxygen atoms in total. The highest BCUT2D eigenvalue weighted by Gasteiger charge is 2.18. The van der Waals surface area contributed by atoms with E-state index in [1.807, 2.05) is 45.0 Å². The first-order valence-electron chi connectivity index (χ1n) is 7.83. The van der Waals surface area contributed by atoms with Crippen LogP contribution in [0, 0.1) is 12.8 Å². The Morgan fingerprint density at radius 2 is 2.13 bits per heavy atom. The highest BCUT2D eigenvalue weighted by Crippen LogP contribution is 2.26. The molecular weight excluding hydrogens is 288 g/mol. The molecule has 1 aromatic carbocycles. The molecule has 1 atom stereocenters. The maximum absolute atomic E-state index is 11.9. The molecule has 1 aromatic rings. The lowest BCUT2D eigenvalue weighted by Gasteiger charge is -2.22. The number of para-hydroxylation sites is 1. The van der Waals surface area contributed by atoms with Crippen molar-refractivity contribution in [1.29, 1.82) is 0 Å². The van der Waals surface area contributed by atoms with Crippen LogP contribution in [0.15, 0.2) is 53.2 Å². The molecule has 0 saturated carbocycles. The Hall–Kier alpha value is -2.36. The number of hydrogen-bond acceptors (Lipinski definition) is 3. The second kappa shape index (κ2) is 7.77. The lowest BCUT2D eigenvalue weighted by atomic mass is 9.85. The van der Waals surface area contributed by atoms with Crippen LogP contribution in [-0.2, 0) is 4.79 Å². The van der Waals surface area contributed by atoms with E-state index in [9.17, 15) is 4.79 Å². The smallest absolute Gasteiger partial charge is 0.277 e. The number of carbonyl (C=O) groups is 1. The van der Waals surface area contributed by atoms with Crippen molar-refractivity contribution in [3.05, 3.63) is 53.6 Å². The van der Waals surface area contributed by atoms with Gasteiger partial charge in [-0.15, -0.1) is 0 Å². The molecule has 0 bridgehead atoms. The van der Waals surface area contributed by atoms with E-state index in [1.165, 1.54) is 0 Å². The summed E-state index contributed by atoms with van der Waals surface area (Å²) in [7, 11) is 0. The minimum Gasteiger partial charge on any atom is -0.483 e. The van der Waals surface area contributed by atoms with Gasteiger partial charge in [0.1, 0.15) is 5.75 Å². The van der Waals surface area contributed by atoms with Crippen molar-refractivity contribution in [2.75, 3.05) is 6.61 Å². The van der Waals surface area contributed by atoms with E-state index < -0.39 is 0 Å². The molecule has 0 radical (unpaired) electrons. The van der Waals surface area contributed by atoms with Gasteiger partial charge >= 0.3 is 0 Å². The number of allylic oxidation sites excluding steroid dienone is 3. The summed E-state index contributed by atoms with van der Waals surface area (Å²) in [4.78, 5) is 11.9. The van der Waals surface area contributed by atoms with E-state index >= 15 is 0 Å². The van der Waals surface area contributed by atoms with Crippen LogP contribution in [0.2, 0.25) is 0 Å². The van der Waals surface area contributed by atoms with E-state index in [0.29, 0.717) is 11.7 Å². The summed E-state index contributed by atoms with van der Waals surface area (Å²) in [6.07, 6.45) is 3.96. The predicted octanol–water partition coefficient (Wildman–Crippen LogP) is 3.78. The highest BCUT2D eigenvalue weighted by atomic mass is 16.5. The average Bonchev–Trinajstić information content (AvgIpc) is 2.53. The Morgan fingerprint density at radius 1 is 1.39 bits per heavy atom. The monoisotopic (exact) mass is 312 g/mol.